The molecule has 9 heteroatoms. The topological polar surface area (TPSA) is 97.1 Å². The maximum atomic E-state index is 12.8. The Morgan fingerprint density at radius 2 is 2.00 bits per heavy atom. The molecule has 0 saturated carbocycles. The van der Waals surface area contributed by atoms with Crippen molar-refractivity contribution in [2.24, 2.45) is 0 Å². The molecule has 0 bridgehead atoms. The molecule has 0 aliphatic heterocycles. The molecule has 1 heterocycles. The van der Waals surface area contributed by atoms with Crippen LogP contribution in [0, 0.1) is 0 Å². The largest absolute Gasteiger partial charge is 0.476 e. The van der Waals surface area contributed by atoms with Gasteiger partial charge in [-0.05, 0) is 20.8 Å². The van der Waals surface area contributed by atoms with Gasteiger partial charge in [0.2, 0.25) is 5.91 Å². The average Bonchev–Trinajstić information content (AvgIpc) is 2.57. The fourth-order valence-electron chi connectivity index (χ4n) is 1.40. The molecule has 0 atom stereocenters. The van der Waals surface area contributed by atoms with Crippen LogP contribution in [0.15, 0.2) is 0 Å². The van der Waals surface area contributed by atoms with E-state index in [4.69, 9.17) is 5.11 Å². The predicted molar refractivity (Wildman–Crippen MR) is 59.8 cm³/mol. The summed E-state index contributed by atoms with van der Waals surface area (Å²) < 4.78 is 26.1. The second-order valence-electron chi connectivity index (χ2n) is 4.88. The summed E-state index contributed by atoms with van der Waals surface area (Å²) in [4.78, 5) is 22.3. The van der Waals surface area contributed by atoms with E-state index in [0.717, 1.165) is 0 Å². The molecule has 1 rings (SSSR count). The lowest BCUT2D eigenvalue weighted by atomic mass is 10.1. The number of nitrogens with zero attached hydrogens (tertiary/aromatic N) is 3. The molecule has 0 aliphatic carbocycles. The standard InChI is InChI=1S/C10H14F2N4O3/c1-10(2,3)13-5(17)4-16-7(8(11)12)6(9(18)19)14-15-16/h8H,4H2,1-3H3,(H,13,17)(H,18,19). The zero-order valence-electron chi connectivity index (χ0n) is 10.6. The molecule has 7 nitrogen and oxygen atoms in total. The van der Waals surface area contributed by atoms with E-state index in [-0.39, 0.29) is 0 Å². The minimum Gasteiger partial charge on any atom is -0.476 e. The summed E-state index contributed by atoms with van der Waals surface area (Å²) in [6.07, 6.45) is -3.08. The molecule has 0 fully saturated rings. The van der Waals surface area contributed by atoms with Crippen molar-refractivity contribution >= 4 is 11.9 Å². The number of halogens is 2. The smallest absolute Gasteiger partial charge is 0.358 e. The first-order chi connectivity index (χ1) is 8.61. The van der Waals surface area contributed by atoms with E-state index in [1.807, 2.05) is 0 Å². The van der Waals surface area contributed by atoms with Gasteiger partial charge in [-0.1, -0.05) is 5.21 Å². The van der Waals surface area contributed by atoms with Crippen LogP contribution in [-0.4, -0.2) is 37.5 Å². The summed E-state index contributed by atoms with van der Waals surface area (Å²) >= 11 is 0. The summed E-state index contributed by atoms with van der Waals surface area (Å²) in [5.41, 5.74) is -2.26. The first kappa shape index (κ1) is 15.0. The van der Waals surface area contributed by atoms with Crippen molar-refractivity contribution in [1.29, 1.82) is 0 Å². The van der Waals surface area contributed by atoms with Gasteiger partial charge in [-0.3, -0.25) is 4.79 Å². The highest BCUT2D eigenvalue weighted by molar-refractivity contribution is 5.86. The number of nitrogens with one attached hydrogen (secondary N) is 1. The first-order valence-electron chi connectivity index (χ1n) is 5.37. The van der Waals surface area contributed by atoms with Crippen LogP contribution in [-0.2, 0) is 11.3 Å². The van der Waals surface area contributed by atoms with Crippen LogP contribution in [0.2, 0.25) is 0 Å². The van der Waals surface area contributed by atoms with Crippen molar-refractivity contribution in [1.82, 2.24) is 20.3 Å². The van der Waals surface area contributed by atoms with E-state index in [0.29, 0.717) is 4.68 Å². The predicted octanol–water partition coefficient (Wildman–Crippen LogP) is 0.829. The minimum atomic E-state index is -3.08. The van der Waals surface area contributed by atoms with Crippen LogP contribution in [0.1, 0.15) is 43.4 Å². The summed E-state index contributed by atoms with van der Waals surface area (Å²) in [5.74, 6) is -2.17. The number of carboxylic acids is 1. The molecule has 0 saturated heterocycles. The Kier molecular flexibility index (Phi) is 4.17. The van der Waals surface area contributed by atoms with Gasteiger partial charge in [0.25, 0.3) is 6.43 Å². The van der Waals surface area contributed by atoms with Crippen molar-refractivity contribution in [3.8, 4) is 0 Å². The van der Waals surface area contributed by atoms with E-state index < -0.39 is 41.8 Å². The molecule has 0 aromatic carbocycles. The van der Waals surface area contributed by atoms with Gasteiger partial charge in [0.05, 0.1) is 0 Å². The SMILES string of the molecule is CC(C)(C)NC(=O)Cn1nnc(C(=O)O)c1C(F)F. The number of aromatic nitrogens is 3. The molecule has 0 aliphatic rings. The fourth-order valence-corrected chi connectivity index (χ4v) is 1.40. The molecule has 2 N–H and O–H groups in total. The van der Waals surface area contributed by atoms with Crippen LogP contribution in [0.25, 0.3) is 0 Å². The quantitative estimate of drug-likeness (QED) is 0.848. The van der Waals surface area contributed by atoms with Crippen LogP contribution < -0.4 is 5.32 Å². The Morgan fingerprint density at radius 3 is 2.42 bits per heavy atom. The Balaban J connectivity index is 2.96. The number of hydrogen-bond acceptors (Lipinski definition) is 4. The van der Waals surface area contributed by atoms with E-state index in [1.54, 1.807) is 20.8 Å². The summed E-state index contributed by atoms with van der Waals surface area (Å²) in [6.45, 7) is 4.66. The summed E-state index contributed by atoms with van der Waals surface area (Å²) in [7, 11) is 0. The molecule has 1 amide bonds. The summed E-state index contributed by atoms with van der Waals surface area (Å²) in [5, 5.41) is 17.7. The zero-order chi connectivity index (χ0) is 14.8. The van der Waals surface area contributed by atoms with E-state index in [1.165, 1.54) is 0 Å². The van der Waals surface area contributed by atoms with Gasteiger partial charge in [-0.25, -0.2) is 18.3 Å². The normalized spacial score (nSPS) is 11.7. The highest BCUT2D eigenvalue weighted by atomic mass is 19.3. The third-order valence-electron chi connectivity index (χ3n) is 1.99. The third-order valence-corrected chi connectivity index (χ3v) is 1.99. The van der Waals surface area contributed by atoms with E-state index in [2.05, 4.69) is 15.6 Å². The molecule has 106 valence electrons. The molecular weight excluding hydrogens is 262 g/mol. The lowest BCUT2D eigenvalue weighted by Gasteiger charge is -2.20. The second kappa shape index (κ2) is 5.29. The maximum absolute atomic E-state index is 12.8. The van der Waals surface area contributed by atoms with Gasteiger partial charge in [0.1, 0.15) is 12.2 Å². The maximum Gasteiger partial charge on any atom is 0.358 e. The summed E-state index contributed by atoms with van der Waals surface area (Å²) in [6, 6.07) is 0. The molecule has 0 radical (unpaired) electrons. The monoisotopic (exact) mass is 276 g/mol. The number of carbonyl (C=O) groups is 2. The van der Waals surface area contributed by atoms with Gasteiger partial charge in [0.15, 0.2) is 5.69 Å². The Morgan fingerprint density at radius 1 is 1.42 bits per heavy atom. The van der Waals surface area contributed by atoms with Gasteiger partial charge in [-0.15, -0.1) is 5.10 Å². The van der Waals surface area contributed by atoms with Gasteiger partial charge >= 0.3 is 5.97 Å². The van der Waals surface area contributed by atoms with Gasteiger partial charge in [0, 0.05) is 5.54 Å². The number of carboxylic acid groups (broad SMARTS) is 1. The number of rotatable bonds is 4. The molecule has 0 unspecified atom stereocenters. The highest BCUT2D eigenvalue weighted by Gasteiger charge is 2.27. The second-order valence-corrected chi connectivity index (χ2v) is 4.88. The number of amides is 1. The van der Waals surface area contributed by atoms with Crippen molar-refractivity contribution in [2.45, 2.75) is 39.3 Å². The number of aromatic carboxylic acids is 1. The fraction of sp³-hybridized carbons (Fsp3) is 0.600. The molecule has 1 aromatic heterocycles. The van der Waals surface area contributed by atoms with Crippen LogP contribution in [0.3, 0.4) is 0 Å². The zero-order valence-corrected chi connectivity index (χ0v) is 10.6. The first-order valence-corrected chi connectivity index (χ1v) is 5.37. The van der Waals surface area contributed by atoms with Crippen molar-refractivity contribution in [2.75, 3.05) is 0 Å². The Bertz CT molecular complexity index is 493. The average molecular weight is 276 g/mol. The minimum absolute atomic E-state index is 0.517. The van der Waals surface area contributed by atoms with Crippen LogP contribution >= 0.6 is 0 Å². The van der Waals surface area contributed by atoms with Gasteiger partial charge < -0.3 is 10.4 Å². The highest BCUT2D eigenvalue weighted by Crippen LogP contribution is 2.21. The molecule has 1 aromatic rings. The van der Waals surface area contributed by atoms with E-state index in [9.17, 15) is 18.4 Å². The molecule has 19 heavy (non-hydrogen) atoms. The lowest BCUT2D eigenvalue weighted by Crippen LogP contribution is -2.42. The van der Waals surface area contributed by atoms with Crippen LogP contribution in [0.5, 0.6) is 0 Å². The van der Waals surface area contributed by atoms with Crippen LogP contribution in [0.4, 0.5) is 8.78 Å². The van der Waals surface area contributed by atoms with Crippen molar-refractivity contribution in [3.05, 3.63) is 11.4 Å². The van der Waals surface area contributed by atoms with Crippen molar-refractivity contribution < 1.29 is 23.5 Å². The number of hydrogen-bond donors (Lipinski definition) is 2. The number of carbonyl (C=O) groups excluding carboxylic acids is 1. The van der Waals surface area contributed by atoms with Crippen molar-refractivity contribution in [3.63, 3.8) is 0 Å². The Hall–Kier alpha value is -2.06. The third kappa shape index (κ3) is 3.97. The van der Waals surface area contributed by atoms with E-state index >= 15 is 0 Å². The lowest BCUT2D eigenvalue weighted by molar-refractivity contribution is -0.123. The molecular formula is C10H14F2N4O3. The molecule has 0 spiro atoms. The Labute approximate surface area is 107 Å². The number of alkyl halides is 2. The van der Waals surface area contributed by atoms with Gasteiger partial charge in [-0.2, -0.15) is 0 Å².